The van der Waals surface area contributed by atoms with Crippen molar-refractivity contribution in [2.75, 3.05) is 0 Å². The second kappa shape index (κ2) is 4.28. The molecule has 6 heteroatoms. The van der Waals surface area contributed by atoms with Crippen molar-refractivity contribution >= 4 is 19.3 Å². The van der Waals surface area contributed by atoms with E-state index in [0.29, 0.717) is 0 Å². The summed E-state index contributed by atoms with van der Waals surface area (Å²) in [6.07, 6.45) is 0. The van der Waals surface area contributed by atoms with Gasteiger partial charge in [0.2, 0.25) is 8.00 Å². The van der Waals surface area contributed by atoms with Crippen LogP contribution in [0.4, 0.5) is 4.39 Å². The summed E-state index contributed by atoms with van der Waals surface area (Å²) in [5.74, 6) is -2.02. The second-order valence-corrected chi connectivity index (χ2v) is 3.43. The molecule has 1 aromatic rings. The molecule has 2 N–H and O–H groups in total. The molecule has 0 aliphatic rings. The lowest BCUT2D eigenvalue weighted by Gasteiger charge is -1.98. The van der Waals surface area contributed by atoms with Gasteiger partial charge in [-0.3, -0.25) is 0 Å². The number of carbonyl (C=O) groups is 1. The summed E-state index contributed by atoms with van der Waals surface area (Å²) in [5.41, 5.74) is 0.0301. The van der Waals surface area contributed by atoms with Crippen molar-refractivity contribution in [3.63, 3.8) is 0 Å². The molecule has 4 nitrogen and oxygen atoms in total. The van der Waals surface area contributed by atoms with Crippen molar-refractivity contribution in [3.8, 4) is 0 Å². The molecule has 0 aliphatic carbocycles. The molecule has 74 valence electrons. The van der Waals surface area contributed by atoms with Crippen LogP contribution in [0, 0.1) is 5.82 Å². The Morgan fingerprint density at radius 1 is 1.36 bits per heavy atom. The van der Waals surface area contributed by atoms with Crippen molar-refractivity contribution in [1.82, 2.24) is 0 Å². The van der Waals surface area contributed by atoms with Gasteiger partial charge in [0.05, 0.1) is 0 Å². The molecule has 14 heavy (non-hydrogen) atoms. The van der Waals surface area contributed by atoms with Crippen molar-refractivity contribution in [2.24, 2.45) is 0 Å². The Morgan fingerprint density at radius 3 is 2.21 bits per heavy atom. The van der Waals surface area contributed by atoms with E-state index in [0.717, 1.165) is 24.3 Å². The first-order valence-electron chi connectivity index (χ1n) is 3.54. The smallest absolute Gasteiger partial charge is 0.382 e. The van der Waals surface area contributed by atoms with E-state index in [-0.39, 0.29) is 5.56 Å². The Labute approximate surface area is 79.8 Å². The maximum atomic E-state index is 12.5. The fourth-order valence-electron chi connectivity index (χ4n) is 0.923. The molecule has 0 amide bonds. The Morgan fingerprint density at radius 2 is 1.86 bits per heavy atom. The number of halogens is 1. The Balaban J connectivity index is 3.21. The summed E-state index contributed by atoms with van der Waals surface area (Å²) in [4.78, 5) is 29.9. The molecule has 0 spiro atoms. The maximum absolute atomic E-state index is 12.5. The van der Waals surface area contributed by atoms with E-state index in [4.69, 9.17) is 10.00 Å². The molecule has 0 fully saturated rings. The predicted octanol–water partition coefficient (Wildman–Crippen LogP) is 0.0953. The zero-order chi connectivity index (χ0) is 10.7. The lowest BCUT2D eigenvalue weighted by molar-refractivity contribution is -0.167. The molecular formula is C8H6FO4P. The summed E-state index contributed by atoms with van der Waals surface area (Å²) < 4.78 is 12.5. The highest BCUT2D eigenvalue weighted by Gasteiger charge is 2.20. The van der Waals surface area contributed by atoms with E-state index >= 15 is 0 Å². The Hall–Kier alpha value is -1.29. The largest absolute Gasteiger partial charge is 0.602 e. The minimum Gasteiger partial charge on any atom is -0.602 e. The van der Waals surface area contributed by atoms with Gasteiger partial charge in [-0.2, -0.15) is 4.89 Å². The molecule has 1 atom stereocenters. The van der Waals surface area contributed by atoms with Crippen LogP contribution >= 0.6 is 8.00 Å². The SMILES string of the molecule is O=C(O)C(c1ccc(F)cc1)=[P+]([O-])O. The number of carboxylic acids is 1. The molecule has 0 aromatic heterocycles. The zero-order valence-electron chi connectivity index (χ0n) is 6.85. The first kappa shape index (κ1) is 10.8. The summed E-state index contributed by atoms with van der Waals surface area (Å²) in [6.45, 7) is 0. The number of hydrogen-bond donors (Lipinski definition) is 2. The van der Waals surface area contributed by atoms with Gasteiger partial charge in [0.15, 0.2) is 0 Å². The zero-order valence-corrected chi connectivity index (χ0v) is 7.74. The molecule has 0 aliphatic heterocycles. The predicted molar refractivity (Wildman–Crippen MR) is 47.3 cm³/mol. The summed E-state index contributed by atoms with van der Waals surface area (Å²) in [5, 5.41) is 7.97. The van der Waals surface area contributed by atoms with Crippen LogP contribution in [0.15, 0.2) is 24.3 Å². The Bertz CT molecular complexity index is 381. The third kappa shape index (κ3) is 2.35. The van der Waals surface area contributed by atoms with E-state index in [1.165, 1.54) is 0 Å². The van der Waals surface area contributed by atoms with Crippen molar-refractivity contribution in [1.29, 1.82) is 0 Å². The van der Waals surface area contributed by atoms with Crippen molar-refractivity contribution < 1.29 is 24.1 Å². The van der Waals surface area contributed by atoms with E-state index in [1.807, 2.05) is 0 Å². The molecular weight excluding hydrogens is 210 g/mol. The van der Waals surface area contributed by atoms with Crippen LogP contribution in [0.1, 0.15) is 5.56 Å². The van der Waals surface area contributed by atoms with Crippen LogP contribution in [-0.2, 0) is 4.79 Å². The van der Waals surface area contributed by atoms with Gasteiger partial charge in [-0.05, 0) is 24.3 Å². The van der Waals surface area contributed by atoms with Gasteiger partial charge in [0.1, 0.15) is 5.82 Å². The number of hydrogen-bond acceptors (Lipinski definition) is 3. The van der Waals surface area contributed by atoms with Crippen LogP contribution in [0.3, 0.4) is 0 Å². The van der Waals surface area contributed by atoms with Gasteiger partial charge in [-0.1, -0.05) is 0 Å². The topological polar surface area (TPSA) is 80.6 Å². The van der Waals surface area contributed by atoms with Gasteiger partial charge >= 0.3 is 5.97 Å². The number of carboxylic acid groups (broad SMARTS) is 1. The third-order valence-corrected chi connectivity index (χ3v) is 2.34. The molecule has 0 bridgehead atoms. The quantitative estimate of drug-likeness (QED) is 0.687. The van der Waals surface area contributed by atoms with Gasteiger partial charge in [0.25, 0.3) is 5.29 Å². The normalized spacial score (nSPS) is 12.2. The number of benzene rings is 1. The van der Waals surface area contributed by atoms with Crippen LogP contribution in [0.25, 0.3) is 0 Å². The summed E-state index contributed by atoms with van der Waals surface area (Å²) in [7, 11) is -2.94. The fourth-order valence-corrected chi connectivity index (χ4v) is 1.46. The van der Waals surface area contributed by atoms with Crippen LogP contribution in [0.5, 0.6) is 0 Å². The summed E-state index contributed by atoms with van der Waals surface area (Å²) in [6, 6.07) is 4.33. The van der Waals surface area contributed by atoms with Gasteiger partial charge < -0.3 is 10.00 Å². The van der Waals surface area contributed by atoms with E-state index in [9.17, 15) is 14.1 Å². The fraction of sp³-hybridized carbons (Fsp3) is 0. The maximum Gasteiger partial charge on any atom is 0.382 e. The molecule has 0 heterocycles. The minimum absolute atomic E-state index is 0.0301. The highest BCUT2D eigenvalue weighted by atomic mass is 31.1. The number of aliphatic carboxylic acids is 1. The van der Waals surface area contributed by atoms with Crippen molar-refractivity contribution in [2.45, 2.75) is 0 Å². The molecule has 0 saturated heterocycles. The lowest BCUT2D eigenvalue weighted by Crippen LogP contribution is -2.16. The van der Waals surface area contributed by atoms with Crippen LogP contribution in [0.2, 0.25) is 0 Å². The molecule has 0 radical (unpaired) electrons. The van der Waals surface area contributed by atoms with E-state index in [1.54, 1.807) is 0 Å². The van der Waals surface area contributed by atoms with Gasteiger partial charge in [-0.25, -0.2) is 9.18 Å². The molecule has 1 unspecified atom stereocenters. The van der Waals surface area contributed by atoms with Gasteiger partial charge in [0, 0.05) is 5.56 Å². The molecule has 1 rings (SSSR count). The lowest BCUT2D eigenvalue weighted by atomic mass is 10.1. The first-order valence-corrected chi connectivity index (χ1v) is 4.76. The van der Waals surface area contributed by atoms with E-state index in [2.05, 4.69) is 0 Å². The van der Waals surface area contributed by atoms with Crippen LogP contribution < -0.4 is 4.89 Å². The molecule has 1 aromatic carbocycles. The van der Waals surface area contributed by atoms with E-state index < -0.39 is 25.1 Å². The molecule has 0 saturated carbocycles. The van der Waals surface area contributed by atoms with Crippen molar-refractivity contribution in [3.05, 3.63) is 35.6 Å². The highest BCUT2D eigenvalue weighted by molar-refractivity contribution is 7.49. The van der Waals surface area contributed by atoms with Crippen LogP contribution in [-0.4, -0.2) is 21.3 Å². The average molecular weight is 216 g/mol. The number of rotatable bonds is 2. The standard InChI is InChI=1S/C8H6FO4P/c9-6-3-1-5(2-4-6)7(8(10)11)14(12)13/h1-4H,(H,10,11)(H,12,13). The third-order valence-electron chi connectivity index (χ3n) is 1.51. The summed E-state index contributed by atoms with van der Waals surface area (Å²) >= 11 is 0. The second-order valence-electron chi connectivity index (χ2n) is 2.43. The average Bonchev–Trinajstić information content (AvgIpc) is 2.07. The Kier molecular flexibility index (Phi) is 3.30. The first-order chi connectivity index (χ1) is 6.52. The van der Waals surface area contributed by atoms with Gasteiger partial charge in [-0.15, -0.1) is 0 Å². The highest BCUT2D eigenvalue weighted by Crippen LogP contribution is 2.14. The minimum atomic E-state index is -2.94. The monoisotopic (exact) mass is 216 g/mol.